The Kier molecular flexibility index (Phi) is 4.16. The van der Waals surface area contributed by atoms with E-state index in [4.69, 9.17) is 5.21 Å². The Hall–Kier alpha value is -2.99. The highest BCUT2D eigenvalue weighted by atomic mass is 19.1. The van der Waals surface area contributed by atoms with Gasteiger partial charge >= 0.3 is 0 Å². The summed E-state index contributed by atoms with van der Waals surface area (Å²) in [5, 5.41) is 8.41. The average molecular weight is 311 g/mol. The zero-order valence-corrected chi connectivity index (χ0v) is 12.1. The lowest BCUT2D eigenvalue weighted by atomic mass is 10.1. The molecule has 1 heterocycles. The first kappa shape index (κ1) is 14.9. The Balaban J connectivity index is 1.74. The molecule has 0 aliphatic heterocycles. The topological polar surface area (TPSA) is 78.0 Å². The second-order valence-electron chi connectivity index (χ2n) is 5.07. The number of nitrogens with zero attached hydrogens (tertiary/aromatic N) is 1. The molecule has 2 aromatic carbocycles. The molecule has 1 aromatic heterocycles. The number of amides is 1. The average Bonchev–Trinajstić information content (AvgIpc) is 2.95. The predicted molar refractivity (Wildman–Crippen MR) is 84.3 cm³/mol. The molecule has 0 unspecified atom stereocenters. The maximum Gasteiger partial charge on any atom is 0.267 e. The van der Waals surface area contributed by atoms with E-state index in [0.29, 0.717) is 11.9 Å². The number of hydroxylamine groups is 1. The monoisotopic (exact) mass is 311 g/mol. The summed E-state index contributed by atoms with van der Waals surface area (Å²) in [6, 6.07) is 12.0. The number of aromatic nitrogens is 2. The van der Waals surface area contributed by atoms with Crippen molar-refractivity contribution in [3.63, 3.8) is 0 Å². The predicted octanol–water partition coefficient (Wildman–Crippen LogP) is 2.81. The highest BCUT2D eigenvalue weighted by Gasteiger charge is 2.05. The van der Waals surface area contributed by atoms with Gasteiger partial charge in [-0.3, -0.25) is 10.0 Å². The molecule has 0 aliphatic rings. The zero-order valence-electron chi connectivity index (χ0n) is 12.1. The summed E-state index contributed by atoms with van der Waals surface area (Å²) in [4.78, 5) is 18.4. The standard InChI is InChI=1S/C17H14FN3O2/c18-13-6-7-14-15(10-13)20-16(19-14)9-12-3-1-11(2-4-12)5-8-17(22)21-23/h1-8,10,23H,9H2,(H,19,20)(H,21,22)/b8-5+. The Labute approximate surface area is 131 Å². The normalized spacial score (nSPS) is 11.2. The van der Waals surface area contributed by atoms with Crippen LogP contribution < -0.4 is 5.48 Å². The van der Waals surface area contributed by atoms with Gasteiger partial charge in [0.05, 0.1) is 11.0 Å². The van der Waals surface area contributed by atoms with Gasteiger partial charge in [0.25, 0.3) is 5.91 Å². The fourth-order valence-corrected chi connectivity index (χ4v) is 2.26. The number of rotatable bonds is 4. The molecular formula is C17H14FN3O2. The van der Waals surface area contributed by atoms with Crippen molar-refractivity contribution in [3.05, 3.63) is 71.3 Å². The first-order chi connectivity index (χ1) is 11.1. The fraction of sp³-hybridized carbons (Fsp3) is 0.0588. The van der Waals surface area contributed by atoms with Gasteiger partial charge in [-0.2, -0.15) is 0 Å². The molecule has 6 heteroatoms. The summed E-state index contributed by atoms with van der Waals surface area (Å²) in [7, 11) is 0. The van der Waals surface area contributed by atoms with E-state index >= 15 is 0 Å². The fourth-order valence-electron chi connectivity index (χ4n) is 2.26. The van der Waals surface area contributed by atoms with Crippen molar-refractivity contribution in [3.8, 4) is 0 Å². The minimum atomic E-state index is -0.580. The van der Waals surface area contributed by atoms with Crippen LogP contribution in [0, 0.1) is 5.82 Å². The van der Waals surface area contributed by atoms with Crippen LogP contribution in [0.15, 0.2) is 48.5 Å². The van der Waals surface area contributed by atoms with Crippen LogP contribution in [0.4, 0.5) is 4.39 Å². The molecule has 3 rings (SSSR count). The van der Waals surface area contributed by atoms with Crippen molar-refractivity contribution < 1.29 is 14.4 Å². The Morgan fingerprint density at radius 1 is 1.26 bits per heavy atom. The van der Waals surface area contributed by atoms with E-state index in [1.165, 1.54) is 23.7 Å². The Morgan fingerprint density at radius 3 is 2.78 bits per heavy atom. The van der Waals surface area contributed by atoms with Crippen LogP contribution in [0.5, 0.6) is 0 Å². The molecule has 0 fully saturated rings. The first-order valence-corrected chi connectivity index (χ1v) is 6.99. The van der Waals surface area contributed by atoms with Gasteiger partial charge in [-0.25, -0.2) is 14.9 Å². The second-order valence-corrected chi connectivity index (χ2v) is 5.07. The van der Waals surface area contributed by atoms with E-state index < -0.39 is 5.91 Å². The van der Waals surface area contributed by atoms with Crippen molar-refractivity contribution in [1.29, 1.82) is 0 Å². The van der Waals surface area contributed by atoms with Gasteiger partial charge in [0.15, 0.2) is 0 Å². The SMILES string of the molecule is O=C(/C=C/c1ccc(Cc2nc3cc(F)ccc3[nH]2)cc1)NO. The molecule has 0 saturated carbocycles. The molecule has 0 spiro atoms. The molecule has 0 atom stereocenters. The summed E-state index contributed by atoms with van der Waals surface area (Å²) >= 11 is 0. The van der Waals surface area contributed by atoms with Crippen LogP contribution in [0.25, 0.3) is 17.1 Å². The molecule has 0 bridgehead atoms. The molecule has 116 valence electrons. The third-order valence-electron chi connectivity index (χ3n) is 3.38. The summed E-state index contributed by atoms with van der Waals surface area (Å²) in [6.07, 6.45) is 3.43. The van der Waals surface area contributed by atoms with Crippen molar-refractivity contribution >= 4 is 23.0 Å². The van der Waals surface area contributed by atoms with Crippen LogP contribution in [-0.4, -0.2) is 21.1 Å². The number of carbonyl (C=O) groups is 1. The number of imidazole rings is 1. The quantitative estimate of drug-likeness (QED) is 0.394. The molecule has 3 N–H and O–H groups in total. The summed E-state index contributed by atoms with van der Waals surface area (Å²) in [5.41, 5.74) is 4.81. The summed E-state index contributed by atoms with van der Waals surface area (Å²) in [6.45, 7) is 0. The van der Waals surface area contributed by atoms with Crippen LogP contribution in [0.1, 0.15) is 17.0 Å². The number of nitrogens with one attached hydrogen (secondary N) is 2. The number of hydrogen-bond acceptors (Lipinski definition) is 3. The van der Waals surface area contributed by atoms with Gasteiger partial charge < -0.3 is 4.98 Å². The van der Waals surface area contributed by atoms with Gasteiger partial charge in [0.2, 0.25) is 0 Å². The van der Waals surface area contributed by atoms with E-state index in [1.54, 1.807) is 12.1 Å². The largest absolute Gasteiger partial charge is 0.342 e. The van der Waals surface area contributed by atoms with Crippen molar-refractivity contribution in [2.45, 2.75) is 6.42 Å². The number of benzene rings is 2. The highest BCUT2D eigenvalue weighted by molar-refractivity contribution is 5.90. The highest BCUT2D eigenvalue weighted by Crippen LogP contribution is 2.16. The minimum Gasteiger partial charge on any atom is -0.342 e. The van der Waals surface area contributed by atoms with Gasteiger partial charge in [0, 0.05) is 18.6 Å². The molecule has 23 heavy (non-hydrogen) atoms. The van der Waals surface area contributed by atoms with Crippen molar-refractivity contribution in [1.82, 2.24) is 15.4 Å². The third-order valence-corrected chi connectivity index (χ3v) is 3.38. The molecule has 1 amide bonds. The maximum absolute atomic E-state index is 13.2. The van der Waals surface area contributed by atoms with Crippen LogP contribution >= 0.6 is 0 Å². The summed E-state index contributed by atoms with van der Waals surface area (Å²) in [5.74, 6) is -0.129. The molecule has 0 saturated heterocycles. The van der Waals surface area contributed by atoms with E-state index in [0.717, 1.165) is 22.5 Å². The minimum absolute atomic E-state index is 0.307. The van der Waals surface area contributed by atoms with Crippen LogP contribution in [-0.2, 0) is 11.2 Å². The lowest BCUT2D eigenvalue weighted by molar-refractivity contribution is -0.124. The third kappa shape index (κ3) is 3.61. The van der Waals surface area contributed by atoms with Gasteiger partial charge in [-0.1, -0.05) is 24.3 Å². The Bertz CT molecular complexity index is 869. The summed E-state index contributed by atoms with van der Waals surface area (Å²) < 4.78 is 13.2. The molecule has 5 nitrogen and oxygen atoms in total. The number of halogens is 1. The lowest BCUT2D eigenvalue weighted by Crippen LogP contribution is -2.14. The van der Waals surface area contributed by atoms with Gasteiger partial charge in [0.1, 0.15) is 11.6 Å². The first-order valence-electron chi connectivity index (χ1n) is 6.99. The number of carbonyl (C=O) groups excluding carboxylic acids is 1. The maximum atomic E-state index is 13.2. The molecule has 0 aliphatic carbocycles. The van der Waals surface area contributed by atoms with Crippen LogP contribution in [0.2, 0.25) is 0 Å². The zero-order chi connectivity index (χ0) is 16.2. The van der Waals surface area contributed by atoms with E-state index in [1.807, 2.05) is 24.3 Å². The van der Waals surface area contributed by atoms with Gasteiger partial charge in [-0.15, -0.1) is 0 Å². The van der Waals surface area contributed by atoms with E-state index in [2.05, 4.69) is 9.97 Å². The number of fused-ring (bicyclic) bond motifs is 1. The van der Waals surface area contributed by atoms with Crippen molar-refractivity contribution in [2.24, 2.45) is 0 Å². The molecule has 0 radical (unpaired) electrons. The number of H-pyrrole nitrogens is 1. The lowest BCUT2D eigenvalue weighted by Gasteiger charge is -1.99. The number of hydrogen-bond donors (Lipinski definition) is 3. The Morgan fingerprint density at radius 2 is 2.04 bits per heavy atom. The number of aromatic amines is 1. The smallest absolute Gasteiger partial charge is 0.267 e. The molecule has 3 aromatic rings. The van der Waals surface area contributed by atoms with Crippen molar-refractivity contribution in [2.75, 3.05) is 0 Å². The van der Waals surface area contributed by atoms with Gasteiger partial charge in [-0.05, 0) is 29.3 Å². The van der Waals surface area contributed by atoms with E-state index in [-0.39, 0.29) is 5.82 Å². The van der Waals surface area contributed by atoms with Crippen LogP contribution in [0.3, 0.4) is 0 Å². The molecular weight excluding hydrogens is 297 g/mol. The van der Waals surface area contributed by atoms with E-state index in [9.17, 15) is 9.18 Å². The second kappa shape index (κ2) is 6.41.